The lowest BCUT2D eigenvalue weighted by molar-refractivity contribution is -0.145. The first kappa shape index (κ1) is 23.3. The lowest BCUT2D eigenvalue weighted by Gasteiger charge is -2.43. The molecule has 30 heavy (non-hydrogen) atoms. The summed E-state index contributed by atoms with van der Waals surface area (Å²) in [7, 11) is 0. The lowest BCUT2D eigenvalue weighted by Crippen LogP contribution is -2.58. The van der Waals surface area contributed by atoms with Crippen LogP contribution in [0.4, 0.5) is 0 Å². The van der Waals surface area contributed by atoms with Crippen LogP contribution in [0, 0.1) is 0 Å². The molecule has 0 radical (unpaired) electrons. The Kier molecular flexibility index (Phi) is 7.51. The number of hydrogen-bond donors (Lipinski definition) is 4. The summed E-state index contributed by atoms with van der Waals surface area (Å²) in [6.45, 7) is 3.09. The highest BCUT2D eigenvalue weighted by Gasteiger charge is 2.38. The van der Waals surface area contributed by atoms with Crippen molar-refractivity contribution < 1.29 is 33.4 Å². The van der Waals surface area contributed by atoms with Crippen LogP contribution in [0.3, 0.4) is 0 Å². The number of hydrogen-bond acceptors (Lipinski definition) is 8. The fourth-order valence-corrected chi connectivity index (χ4v) is 3.07. The van der Waals surface area contributed by atoms with Gasteiger partial charge in [0.2, 0.25) is 11.8 Å². The normalized spacial score (nSPS) is 19.1. The smallest absolute Gasteiger partial charge is 0.251 e. The molecule has 1 aromatic carbocycles. The van der Waals surface area contributed by atoms with E-state index in [0.29, 0.717) is 6.42 Å². The molecule has 1 aliphatic rings. The molecule has 1 unspecified atom stereocenters. The summed E-state index contributed by atoms with van der Waals surface area (Å²) in [4.78, 5) is 36.8. The molecule has 1 aliphatic heterocycles. The van der Waals surface area contributed by atoms with Crippen molar-refractivity contribution in [3.8, 4) is 11.5 Å². The van der Waals surface area contributed by atoms with Crippen molar-refractivity contribution in [2.45, 2.75) is 37.5 Å². The topological polar surface area (TPSA) is 171 Å². The molecule has 0 aliphatic carbocycles. The van der Waals surface area contributed by atoms with Crippen molar-refractivity contribution in [1.29, 1.82) is 0 Å². The zero-order valence-corrected chi connectivity index (χ0v) is 17.3. The van der Waals surface area contributed by atoms with Crippen molar-refractivity contribution in [1.82, 2.24) is 15.6 Å². The third-order valence-electron chi connectivity index (χ3n) is 4.59. The Morgan fingerprint density at radius 2 is 2.10 bits per heavy atom. The van der Waals surface area contributed by atoms with Gasteiger partial charge in [-0.3, -0.25) is 18.6 Å². The van der Waals surface area contributed by atoms with E-state index in [-0.39, 0.29) is 42.8 Å². The number of nitrogens with one attached hydrogen (secondary N) is 2. The van der Waals surface area contributed by atoms with Crippen molar-refractivity contribution in [2.24, 2.45) is 5.10 Å². The number of nitrogens with zero attached hydrogens (tertiary/aromatic N) is 2. The van der Waals surface area contributed by atoms with Gasteiger partial charge >= 0.3 is 0 Å². The van der Waals surface area contributed by atoms with Crippen LogP contribution in [0.5, 0.6) is 11.5 Å². The second-order valence-corrected chi connectivity index (χ2v) is 8.53. The van der Waals surface area contributed by atoms with Gasteiger partial charge < -0.3 is 25.0 Å². The van der Waals surface area contributed by atoms with Crippen LogP contribution in [0.25, 0.3) is 0 Å². The van der Waals surface area contributed by atoms with Gasteiger partial charge in [0.05, 0.1) is 4.75 Å². The average Bonchev–Trinajstić information content (AvgIpc) is 2.68. The monoisotopic (exact) mass is 439 g/mol. The number of hydrazone groups is 1. The molecule has 1 saturated heterocycles. The predicted molar refractivity (Wildman–Crippen MR) is 106 cm³/mol. The van der Waals surface area contributed by atoms with Crippen LogP contribution < -0.4 is 10.7 Å². The maximum absolute atomic E-state index is 11.9. The molecule has 3 amide bonds. The molecule has 164 valence electrons. The highest BCUT2D eigenvalue weighted by molar-refractivity contribution is 7.81. The number of phenolic OH excluding ortho intramolecular Hbond substituents is 2. The summed E-state index contributed by atoms with van der Waals surface area (Å²) in [5.74, 6) is -2.06. The van der Waals surface area contributed by atoms with Crippen LogP contribution in [0.15, 0.2) is 23.3 Å². The van der Waals surface area contributed by atoms with E-state index in [4.69, 9.17) is 0 Å². The van der Waals surface area contributed by atoms with Gasteiger partial charge in [-0.05, 0) is 43.1 Å². The molecule has 1 heterocycles. The zero-order valence-electron chi connectivity index (χ0n) is 16.5. The van der Waals surface area contributed by atoms with Gasteiger partial charge in [0.25, 0.3) is 5.91 Å². The van der Waals surface area contributed by atoms with Crippen LogP contribution in [-0.4, -0.2) is 71.7 Å². The van der Waals surface area contributed by atoms with Gasteiger partial charge in [-0.1, -0.05) is 0 Å². The van der Waals surface area contributed by atoms with Crippen LogP contribution in [0.2, 0.25) is 0 Å². The maximum Gasteiger partial charge on any atom is 0.251 e. The largest absolute Gasteiger partial charge is 0.772 e. The van der Waals surface area contributed by atoms with Gasteiger partial charge in [0.15, 0.2) is 11.5 Å². The van der Waals surface area contributed by atoms with Gasteiger partial charge in [-0.15, -0.1) is 0 Å². The molecular formula is C18H23N4O7S-. The lowest BCUT2D eigenvalue weighted by atomic mass is 10.0. The molecule has 0 saturated carbocycles. The number of β-lactam (4-membered cyclic amide) rings is 1. The number of carbonyl (C=O) groups excluding carboxylic acids is 3. The van der Waals surface area contributed by atoms with E-state index in [1.165, 1.54) is 17.9 Å². The number of rotatable bonds is 9. The number of aromatic hydroxyl groups is 2. The maximum atomic E-state index is 11.9. The summed E-state index contributed by atoms with van der Waals surface area (Å²) >= 11 is -2.58. The van der Waals surface area contributed by atoms with Crippen molar-refractivity contribution in [2.75, 3.05) is 13.1 Å². The highest BCUT2D eigenvalue weighted by atomic mass is 32.2. The van der Waals surface area contributed by atoms with Crippen LogP contribution in [0.1, 0.15) is 37.0 Å². The molecule has 0 spiro atoms. The van der Waals surface area contributed by atoms with Gasteiger partial charge in [-0.25, -0.2) is 5.43 Å². The Morgan fingerprint density at radius 3 is 2.67 bits per heavy atom. The van der Waals surface area contributed by atoms with Gasteiger partial charge in [0, 0.05) is 43.8 Å². The third kappa shape index (κ3) is 5.76. The summed E-state index contributed by atoms with van der Waals surface area (Å²) in [5, 5.41) is 24.8. The van der Waals surface area contributed by atoms with E-state index in [9.17, 15) is 33.4 Å². The SMILES string of the molecule is C[C@@H]1CC(=O)N1C[C@](C)(/C=N/NC(=O)CCNC(=O)c1ccc(O)c(O)c1)S(=O)[O-]. The van der Waals surface area contributed by atoms with Gasteiger partial charge in [0.1, 0.15) is 0 Å². The molecule has 1 aromatic rings. The number of phenols is 2. The minimum atomic E-state index is -2.58. The Bertz CT molecular complexity index is 891. The zero-order chi connectivity index (χ0) is 22.5. The standard InChI is InChI=1S/C18H24N4O7S/c1-11-7-16(26)22(11)10-18(2,30(28)29)9-20-21-15(25)5-6-19-17(27)12-3-4-13(23)14(24)8-12/h3-4,8-9,11,23-24H,5-7,10H2,1-2H3,(H,19,27)(H,21,25)(H,28,29)/p-1/b20-9+/t11-,18+/m1/s1. The first-order valence-electron chi connectivity index (χ1n) is 9.05. The highest BCUT2D eigenvalue weighted by Crippen LogP contribution is 2.25. The summed E-state index contributed by atoms with van der Waals surface area (Å²) in [6, 6.07) is 3.50. The van der Waals surface area contributed by atoms with E-state index < -0.39 is 33.4 Å². The Morgan fingerprint density at radius 1 is 1.40 bits per heavy atom. The number of likely N-dealkylation sites (tertiary alicyclic amines) is 1. The van der Waals surface area contributed by atoms with E-state index in [0.717, 1.165) is 18.3 Å². The molecule has 11 nitrogen and oxygen atoms in total. The van der Waals surface area contributed by atoms with E-state index in [1.54, 1.807) is 0 Å². The van der Waals surface area contributed by atoms with Crippen molar-refractivity contribution in [3.05, 3.63) is 23.8 Å². The quantitative estimate of drug-likeness (QED) is 0.133. The minimum absolute atomic E-state index is 0.0353. The molecule has 3 atom stereocenters. The first-order valence-corrected chi connectivity index (χ1v) is 10.1. The second-order valence-electron chi connectivity index (χ2n) is 7.12. The van der Waals surface area contributed by atoms with E-state index in [1.807, 2.05) is 6.92 Å². The fourth-order valence-electron chi connectivity index (χ4n) is 2.69. The Labute approximate surface area is 175 Å². The second kappa shape index (κ2) is 9.67. The Balaban J connectivity index is 1.81. The summed E-state index contributed by atoms with van der Waals surface area (Å²) < 4.78 is 21.7. The summed E-state index contributed by atoms with van der Waals surface area (Å²) in [5.41, 5.74) is 2.29. The van der Waals surface area contributed by atoms with Crippen molar-refractivity contribution in [3.63, 3.8) is 0 Å². The molecule has 12 heteroatoms. The van der Waals surface area contributed by atoms with Gasteiger partial charge in [-0.2, -0.15) is 5.10 Å². The fraction of sp³-hybridized carbons (Fsp3) is 0.444. The molecule has 2 rings (SSSR count). The number of benzene rings is 1. The average molecular weight is 439 g/mol. The summed E-state index contributed by atoms with van der Waals surface area (Å²) in [6.07, 6.45) is 1.29. The molecule has 0 aromatic heterocycles. The third-order valence-corrected chi connectivity index (χ3v) is 5.59. The molecule has 1 fully saturated rings. The van der Waals surface area contributed by atoms with E-state index >= 15 is 0 Å². The Hall–Kier alpha value is -2.99. The first-order chi connectivity index (χ1) is 14.0. The van der Waals surface area contributed by atoms with Crippen LogP contribution >= 0.6 is 0 Å². The van der Waals surface area contributed by atoms with E-state index in [2.05, 4.69) is 15.8 Å². The number of carbonyl (C=O) groups is 3. The van der Waals surface area contributed by atoms with Crippen LogP contribution in [-0.2, 0) is 20.7 Å². The molecule has 0 bridgehead atoms. The molecular weight excluding hydrogens is 416 g/mol. The minimum Gasteiger partial charge on any atom is -0.772 e. The number of amides is 3. The van der Waals surface area contributed by atoms with Crippen molar-refractivity contribution >= 4 is 35.0 Å². The molecule has 4 N–H and O–H groups in total. The predicted octanol–water partition coefficient (Wildman–Crippen LogP) is -0.422.